The number of aromatic nitrogens is 1. The highest BCUT2D eigenvalue weighted by Crippen LogP contribution is 2.52. The Bertz CT molecular complexity index is 1410. The molecule has 0 bridgehead atoms. The number of rotatable bonds is 4. The van der Waals surface area contributed by atoms with Crippen LogP contribution in [0.25, 0.3) is 22.0 Å². The monoisotopic (exact) mass is 479 g/mol. The van der Waals surface area contributed by atoms with Gasteiger partial charge in [0.25, 0.3) is 0 Å². The number of hydrogen-bond acceptors (Lipinski definition) is 4. The van der Waals surface area contributed by atoms with Crippen molar-refractivity contribution in [2.75, 3.05) is 5.32 Å². The number of carbonyl (C=O) groups excluding carboxylic acids is 1. The summed E-state index contributed by atoms with van der Waals surface area (Å²) in [6.45, 7) is 0. The first-order valence-electron chi connectivity index (χ1n) is 10.6. The van der Waals surface area contributed by atoms with Gasteiger partial charge < -0.3 is 27.2 Å². The number of pyridine rings is 1. The predicted molar refractivity (Wildman–Crippen MR) is 119 cm³/mol. The van der Waals surface area contributed by atoms with Gasteiger partial charge in [-0.2, -0.15) is 0 Å². The van der Waals surface area contributed by atoms with Gasteiger partial charge in [0.2, 0.25) is 5.91 Å². The van der Waals surface area contributed by atoms with Gasteiger partial charge in [-0.15, -0.1) is 8.78 Å². The van der Waals surface area contributed by atoms with Gasteiger partial charge in [-0.1, -0.05) is 60.7 Å². The number of ether oxygens (including phenoxy) is 2. The number of halogens is 3. The number of alkyl halides is 2. The fraction of sp³-hybridized carbons (Fsp3) is 0.154. The van der Waals surface area contributed by atoms with Crippen molar-refractivity contribution in [1.82, 2.24) is 4.98 Å². The molecule has 6 rings (SSSR count). The average molecular weight is 480 g/mol. The Morgan fingerprint density at radius 1 is 0.882 bits per heavy atom. The van der Waals surface area contributed by atoms with E-state index >= 15 is 0 Å². The summed E-state index contributed by atoms with van der Waals surface area (Å²) in [5, 5.41) is 4.90. The van der Waals surface area contributed by atoms with Crippen LogP contribution in [0.5, 0.6) is 11.5 Å². The molecule has 3 aromatic carbocycles. The number of anilines is 1. The zero-order chi connectivity index (χ0) is 22.6. The molecule has 0 spiro atoms. The Kier molecular flexibility index (Phi) is 5.17. The van der Waals surface area contributed by atoms with Crippen LogP contribution in [0.4, 0.5) is 14.6 Å². The second-order valence-electron chi connectivity index (χ2n) is 8.31. The van der Waals surface area contributed by atoms with E-state index in [2.05, 4.69) is 14.8 Å². The Morgan fingerprint density at radius 2 is 1.59 bits per heavy atom. The standard InChI is InChI=1S/C26H18F2N2O3.ClH/c27-26(28)32-20-11-10-18(15-21(20)33-26)25(12-13-25)24(31)30-22-14-17-8-4-5-9-19(17)23(29-22)16-6-2-1-3-7-16;/h1-11,14-15H,12-13H2,(H,29,30,31);1H/p-1. The van der Waals surface area contributed by atoms with E-state index in [1.54, 1.807) is 6.07 Å². The average Bonchev–Trinajstić information content (AvgIpc) is 3.56. The summed E-state index contributed by atoms with van der Waals surface area (Å²) in [4.78, 5) is 18.1. The first-order chi connectivity index (χ1) is 15.9. The van der Waals surface area contributed by atoms with E-state index in [0.717, 1.165) is 22.0 Å². The molecule has 0 saturated heterocycles. The lowest BCUT2D eigenvalue weighted by atomic mass is 9.94. The molecular formula is C26H18ClF2N2O3-. The normalized spacial score (nSPS) is 16.5. The molecule has 34 heavy (non-hydrogen) atoms. The predicted octanol–water partition coefficient (Wildman–Crippen LogP) is 2.90. The highest BCUT2D eigenvalue weighted by Gasteiger charge is 2.53. The number of hydrogen-bond donors (Lipinski definition) is 1. The summed E-state index contributed by atoms with van der Waals surface area (Å²) < 4.78 is 35.8. The fourth-order valence-electron chi connectivity index (χ4n) is 4.33. The molecule has 1 aliphatic carbocycles. The molecule has 0 atom stereocenters. The molecule has 1 saturated carbocycles. The van der Waals surface area contributed by atoms with Crippen molar-refractivity contribution in [3.8, 4) is 22.8 Å². The third kappa shape index (κ3) is 3.72. The lowest BCUT2D eigenvalue weighted by Crippen LogP contribution is -3.00. The lowest BCUT2D eigenvalue weighted by molar-refractivity contribution is -0.286. The Labute approximate surface area is 200 Å². The number of nitrogens with one attached hydrogen (secondary N) is 1. The van der Waals surface area contributed by atoms with Crippen LogP contribution in [0.15, 0.2) is 78.9 Å². The van der Waals surface area contributed by atoms with Crippen LogP contribution in [-0.2, 0) is 10.2 Å². The summed E-state index contributed by atoms with van der Waals surface area (Å²) in [7, 11) is 0. The van der Waals surface area contributed by atoms with Crippen molar-refractivity contribution >= 4 is 22.5 Å². The molecule has 1 amide bonds. The van der Waals surface area contributed by atoms with Crippen LogP contribution >= 0.6 is 0 Å². The zero-order valence-electron chi connectivity index (χ0n) is 17.7. The third-order valence-electron chi connectivity index (χ3n) is 6.17. The topological polar surface area (TPSA) is 60.5 Å². The van der Waals surface area contributed by atoms with Gasteiger partial charge in [0.15, 0.2) is 11.5 Å². The number of amides is 1. The number of nitrogens with zero attached hydrogens (tertiary/aromatic N) is 1. The molecule has 0 unspecified atom stereocenters. The highest BCUT2D eigenvalue weighted by atomic mass is 35.5. The first kappa shape index (κ1) is 22.1. The molecule has 0 radical (unpaired) electrons. The summed E-state index contributed by atoms with van der Waals surface area (Å²) in [5.41, 5.74) is 1.53. The molecular weight excluding hydrogens is 462 g/mol. The maximum absolute atomic E-state index is 13.4. The van der Waals surface area contributed by atoms with Gasteiger partial charge in [0.1, 0.15) is 5.82 Å². The number of carbonyl (C=O) groups is 1. The second-order valence-corrected chi connectivity index (χ2v) is 8.31. The minimum atomic E-state index is -3.69. The van der Waals surface area contributed by atoms with Crippen LogP contribution in [-0.4, -0.2) is 17.2 Å². The number of fused-ring (bicyclic) bond motifs is 2. The number of benzene rings is 3. The van der Waals surface area contributed by atoms with Crippen molar-refractivity contribution in [2.45, 2.75) is 24.6 Å². The van der Waals surface area contributed by atoms with Crippen LogP contribution in [0.1, 0.15) is 18.4 Å². The largest absolute Gasteiger partial charge is 1.00 e. The molecule has 8 heteroatoms. The molecule has 1 N–H and O–H groups in total. The van der Waals surface area contributed by atoms with Crippen LogP contribution < -0.4 is 27.2 Å². The summed E-state index contributed by atoms with van der Waals surface area (Å²) >= 11 is 0. The van der Waals surface area contributed by atoms with Crippen molar-refractivity contribution in [2.24, 2.45) is 0 Å². The quantitative estimate of drug-likeness (QED) is 0.489. The van der Waals surface area contributed by atoms with E-state index in [4.69, 9.17) is 4.98 Å². The van der Waals surface area contributed by atoms with Crippen molar-refractivity contribution in [3.05, 3.63) is 84.4 Å². The molecule has 2 heterocycles. The van der Waals surface area contributed by atoms with E-state index in [9.17, 15) is 13.6 Å². The van der Waals surface area contributed by atoms with E-state index in [0.29, 0.717) is 24.2 Å². The summed E-state index contributed by atoms with van der Waals surface area (Å²) in [5.74, 6) is 0.112. The molecule has 5 nitrogen and oxygen atoms in total. The minimum absolute atomic E-state index is 0. The van der Waals surface area contributed by atoms with E-state index in [1.165, 1.54) is 12.1 Å². The fourth-order valence-corrected chi connectivity index (χ4v) is 4.33. The molecule has 2 aliphatic rings. The van der Waals surface area contributed by atoms with Gasteiger partial charge in [0.05, 0.1) is 11.1 Å². The van der Waals surface area contributed by atoms with Gasteiger partial charge >= 0.3 is 6.29 Å². The Balaban J connectivity index is 0.00000241. The maximum Gasteiger partial charge on any atom is 0.586 e. The lowest BCUT2D eigenvalue weighted by Gasteiger charge is -2.17. The second kappa shape index (κ2) is 7.95. The molecule has 172 valence electrons. The van der Waals surface area contributed by atoms with Gasteiger partial charge in [-0.05, 0) is 42.0 Å². The molecule has 4 aromatic rings. The molecule has 1 aromatic heterocycles. The highest BCUT2D eigenvalue weighted by molar-refractivity contribution is 6.03. The van der Waals surface area contributed by atoms with Crippen LogP contribution in [0, 0.1) is 0 Å². The smallest absolute Gasteiger partial charge is 0.586 e. The van der Waals surface area contributed by atoms with Gasteiger partial charge in [-0.3, -0.25) is 4.79 Å². The Morgan fingerprint density at radius 3 is 2.35 bits per heavy atom. The van der Waals surface area contributed by atoms with E-state index in [1.807, 2.05) is 60.7 Å². The van der Waals surface area contributed by atoms with E-state index in [-0.39, 0.29) is 29.8 Å². The summed E-state index contributed by atoms with van der Waals surface area (Å²) in [6, 6.07) is 24.0. The first-order valence-corrected chi connectivity index (χ1v) is 10.6. The zero-order valence-corrected chi connectivity index (χ0v) is 18.5. The van der Waals surface area contributed by atoms with E-state index < -0.39 is 11.7 Å². The molecule has 1 fully saturated rings. The SMILES string of the molecule is O=C(Nc1cc2ccccc2c(-c2ccccc2)n1)C1(c2ccc3c(c2)OC(F)(F)O3)CC1.[Cl-]. The minimum Gasteiger partial charge on any atom is -1.00 e. The summed E-state index contributed by atoms with van der Waals surface area (Å²) in [6.07, 6.45) is -2.48. The van der Waals surface area contributed by atoms with Crippen LogP contribution in [0.3, 0.4) is 0 Å². The Hall–Kier alpha value is -3.71. The van der Waals surface area contributed by atoms with Gasteiger partial charge in [0, 0.05) is 10.9 Å². The van der Waals surface area contributed by atoms with Crippen molar-refractivity contribution < 1.29 is 35.5 Å². The third-order valence-corrected chi connectivity index (χ3v) is 6.17. The van der Waals surface area contributed by atoms with Gasteiger partial charge in [-0.25, -0.2) is 4.98 Å². The maximum atomic E-state index is 13.4. The van der Waals surface area contributed by atoms with Crippen molar-refractivity contribution in [3.63, 3.8) is 0 Å². The van der Waals surface area contributed by atoms with Crippen molar-refractivity contribution in [1.29, 1.82) is 0 Å². The molecule has 1 aliphatic heterocycles. The van der Waals surface area contributed by atoms with Crippen LogP contribution in [0.2, 0.25) is 0 Å².